The highest BCUT2D eigenvalue weighted by molar-refractivity contribution is 7.00. The van der Waals surface area contributed by atoms with E-state index in [1.807, 2.05) is 25.0 Å². The number of hydrogen-bond acceptors (Lipinski definition) is 2. The molecule has 0 aliphatic carbocycles. The molecule has 0 atom stereocenters. The van der Waals surface area contributed by atoms with E-state index in [-0.39, 0.29) is 12.5 Å². The molecule has 0 aromatic heterocycles. The number of rotatable bonds is 14. The van der Waals surface area contributed by atoms with Crippen molar-refractivity contribution in [3.63, 3.8) is 0 Å². The van der Waals surface area contributed by atoms with Crippen molar-refractivity contribution in [2.45, 2.75) is 96.8 Å². The zero-order chi connectivity index (χ0) is 20.2. The van der Waals surface area contributed by atoms with Gasteiger partial charge in [-0.1, -0.05) is 83.9 Å². The molecule has 0 aromatic carbocycles. The molecule has 0 rings (SSSR count). The first-order valence-electron chi connectivity index (χ1n) is 11.0. The smallest absolute Gasteiger partial charge is 0.260 e. The standard InChI is InChI=1S/C21H45NO2Si2/c1-9-22(10-2)20(23)19-24-18-17-21(25(11-3,12-4)13-5)26(14-6,15-7)16-8/h17-18,21H,9-16,19H2,1-8H3/b18-17-. The van der Waals surface area contributed by atoms with Crippen LogP contribution in [0.4, 0.5) is 0 Å². The Balaban J connectivity index is 5.46. The number of allylic oxidation sites excluding steroid dienone is 1. The zero-order valence-electron chi connectivity index (χ0n) is 18.9. The lowest BCUT2D eigenvalue weighted by atomic mass is 10.5. The lowest BCUT2D eigenvalue weighted by Crippen LogP contribution is -2.51. The van der Waals surface area contributed by atoms with Crippen LogP contribution in [0.25, 0.3) is 0 Å². The van der Waals surface area contributed by atoms with E-state index in [1.54, 1.807) is 0 Å². The summed E-state index contributed by atoms with van der Waals surface area (Å²) in [5.41, 5.74) is 0. The van der Waals surface area contributed by atoms with Crippen LogP contribution in [-0.2, 0) is 9.53 Å². The predicted octanol–water partition coefficient (Wildman–Crippen LogP) is 6.31. The zero-order valence-corrected chi connectivity index (χ0v) is 20.9. The largest absolute Gasteiger partial charge is 0.492 e. The first kappa shape index (κ1) is 25.4. The quantitative estimate of drug-likeness (QED) is 0.253. The van der Waals surface area contributed by atoms with Crippen LogP contribution >= 0.6 is 0 Å². The third-order valence-corrected chi connectivity index (χ3v) is 22.4. The van der Waals surface area contributed by atoms with Crippen molar-refractivity contribution in [2.75, 3.05) is 19.7 Å². The van der Waals surface area contributed by atoms with Gasteiger partial charge in [0.15, 0.2) is 6.61 Å². The molecule has 0 N–H and O–H groups in total. The van der Waals surface area contributed by atoms with Crippen LogP contribution in [0.5, 0.6) is 0 Å². The van der Waals surface area contributed by atoms with Gasteiger partial charge < -0.3 is 9.64 Å². The van der Waals surface area contributed by atoms with E-state index in [9.17, 15) is 4.79 Å². The molecule has 0 aromatic rings. The normalized spacial score (nSPS) is 12.8. The van der Waals surface area contributed by atoms with Gasteiger partial charge in [-0.15, -0.1) is 0 Å². The summed E-state index contributed by atoms with van der Waals surface area (Å²) in [6.07, 6.45) is 4.29. The van der Waals surface area contributed by atoms with Gasteiger partial charge in [0.05, 0.1) is 22.4 Å². The summed E-state index contributed by atoms with van der Waals surface area (Å²) in [5.74, 6) is 0.0890. The van der Waals surface area contributed by atoms with E-state index in [0.717, 1.165) is 18.3 Å². The molecule has 154 valence electrons. The molecule has 5 heteroatoms. The SMILES string of the molecule is CCN(CC)C(=O)CO/C=C\C([Si](CC)(CC)CC)[Si](CC)(CC)CC. The Morgan fingerprint density at radius 1 is 0.808 bits per heavy atom. The Morgan fingerprint density at radius 2 is 1.19 bits per heavy atom. The topological polar surface area (TPSA) is 29.5 Å². The van der Waals surface area contributed by atoms with Crippen LogP contribution in [0.2, 0.25) is 41.4 Å². The molecular weight excluding hydrogens is 354 g/mol. The van der Waals surface area contributed by atoms with Crippen molar-refractivity contribution in [3.05, 3.63) is 12.3 Å². The fraction of sp³-hybridized carbons (Fsp3) is 0.857. The van der Waals surface area contributed by atoms with Crippen molar-refractivity contribution in [2.24, 2.45) is 0 Å². The highest BCUT2D eigenvalue weighted by atomic mass is 28.4. The van der Waals surface area contributed by atoms with Gasteiger partial charge >= 0.3 is 0 Å². The summed E-state index contributed by atoms with van der Waals surface area (Å²) in [6, 6.07) is 8.10. The highest BCUT2D eigenvalue weighted by Gasteiger charge is 2.46. The molecule has 0 heterocycles. The Hall–Kier alpha value is -0.556. The summed E-state index contributed by atoms with van der Waals surface area (Å²) in [4.78, 5) is 14.0. The van der Waals surface area contributed by atoms with E-state index in [2.05, 4.69) is 47.6 Å². The van der Waals surface area contributed by atoms with Gasteiger partial charge in [-0.2, -0.15) is 0 Å². The van der Waals surface area contributed by atoms with Crippen molar-refractivity contribution < 1.29 is 9.53 Å². The fourth-order valence-corrected chi connectivity index (χ4v) is 20.3. The summed E-state index contributed by atoms with van der Waals surface area (Å²) >= 11 is 0. The molecule has 3 nitrogen and oxygen atoms in total. The van der Waals surface area contributed by atoms with E-state index < -0.39 is 16.1 Å². The van der Waals surface area contributed by atoms with Gasteiger partial charge in [0.1, 0.15) is 0 Å². The third-order valence-electron chi connectivity index (χ3n) is 7.23. The Morgan fingerprint density at radius 3 is 1.50 bits per heavy atom. The minimum atomic E-state index is -1.36. The lowest BCUT2D eigenvalue weighted by molar-refractivity contribution is -0.133. The molecule has 0 fully saturated rings. The van der Waals surface area contributed by atoms with Crippen molar-refractivity contribution >= 4 is 22.1 Å². The second-order valence-corrected chi connectivity index (χ2v) is 19.0. The van der Waals surface area contributed by atoms with Crippen LogP contribution in [0.15, 0.2) is 12.3 Å². The first-order chi connectivity index (χ1) is 12.4. The Kier molecular flexibility index (Phi) is 12.5. The maximum absolute atomic E-state index is 12.2. The van der Waals surface area contributed by atoms with Gasteiger partial charge in [0, 0.05) is 13.1 Å². The van der Waals surface area contributed by atoms with Crippen LogP contribution in [0, 0.1) is 0 Å². The molecule has 0 saturated heterocycles. The average Bonchev–Trinajstić information content (AvgIpc) is 2.68. The number of carbonyl (C=O) groups excluding carboxylic acids is 1. The summed E-state index contributed by atoms with van der Waals surface area (Å²) in [7, 11) is -2.72. The number of carbonyl (C=O) groups is 1. The Bertz CT molecular complexity index is 378. The minimum Gasteiger partial charge on any atom is -0.492 e. The van der Waals surface area contributed by atoms with Crippen LogP contribution in [0.1, 0.15) is 55.4 Å². The average molecular weight is 400 g/mol. The molecule has 1 amide bonds. The molecule has 0 radical (unpaired) electrons. The lowest BCUT2D eigenvalue weighted by Gasteiger charge is -2.46. The van der Waals surface area contributed by atoms with Gasteiger partial charge in [-0.25, -0.2) is 0 Å². The van der Waals surface area contributed by atoms with Crippen LogP contribution < -0.4 is 0 Å². The second-order valence-electron chi connectivity index (χ2n) is 7.53. The monoisotopic (exact) mass is 399 g/mol. The van der Waals surface area contributed by atoms with E-state index in [0.29, 0.717) is 0 Å². The van der Waals surface area contributed by atoms with Gasteiger partial charge in [-0.05, 0) is 19.0 Å². The van der Waals surface area contributed by atoms with Crippen LogP contribution in [0.3, 0.4) is 0 Å². The first-order valence-corrected chi connectivity index (χ1v) is 16.4. The van der Waals surface area contributed by atoms with Crippen LogP contribution in [-0.4, -0.2) is 46.7 Å². The molecule has 0 saturated carbocycles. The van der Waals surface area contributed by atoms with Crippen molar-refractivity contribution in [1.29, 1.82) is 0 Å². The summed E-state index contributed by atoms with van der Waals surface area (Å²) in [6.45, 7) is 20.1. The van der Waals surface area contributed by atoms with Gasteiger partial charge in [-0.3, -0.25) is 4.79 Å². The summed E-state index contributed by atoms with van der Waals surface area (Å²) in [5, 5.41) is 0.749. The minimum absolute atomic E-state index is 0.0890. The number of amides is 1. The summed E-state index contributed by atoms with van der Waals surface area (Å²) < 4.78 is 5.74. The number of nitrogens with zero attached hydrogens (tertiary/aromatic N) is 1. The van der Waals surface area contributed by atoms with E-state index >= 15 is 0 Å². The number of ether oxygens (including phenoxy) is 1. The molecule has 0 bridgehead atoms. The number of likely N-dealkylation sites (N-methyl/N-ethyl adjacent to an activating group) is 1. The maximum Gasteiger partial charge on any atom is 0.260 e. The third kappa shape index (κ3) is 5.98. The van der Waals surface area contributed by atoms with E-state index in [1.165, 1.54) is 36.3 Å². The molecule has 0 unspecified atom stereocenters. The molecule has 0 spiro atoms. The van der Waals surface area contributed by atoms with Gasteiger partial charge in [0.25, 0.3) is 5.91 Å². The van der Waals surface area contributed by atoms with Crippen molar-refractivity contribution in [1.82, 2.24) is 4.90 Å². The molecule has 26 heavy (non-hydrogen) atoms. The predicted molar refractivity (Wildman–Crippen MR) is 121 cm³/mol. The fourth-order valence-electron chi connectivity index (χ4n) is 4.80. The van der Waals surface area contributed by atoms with E-state index in [4.69, 9.17) is 4.74 Å². The molecular formula is C21H45NO2Si2. The van der Waals surface area contributed by atoms with Crippen molar-refractivity contribution in [3.8, 4) is 0 Å². The number of hydrogen-bond donors (Lipinski definition) is 0. The van der Waals surface area contributed by atoms with Gasteiger partial charge in [0.2, 0.25) is 0 Å². The highest BCUT2D eigenvalue weighted by Crippen LogP contribution is 2.45. The maximum atomic E-state index is 12.2. The molecule has 0 aliphatic heterocycles. The Labute approximate surface area is 165 Å². The second kappa shape index (κ2) is 12.8. The molecule has 0 aliphatic rings.